The van der Waals surface area contributed by atoms with Gasteiger partial charge in [0.1, 0.15) is 0 Å². The van der Waals surface area contributed by atoms with E-state index in [0.29, 0.717) is 31.0 Å². The van der Waals surface area contributed by atoms with E-state index >= 15 is 0 Å². The smallest absolute Gasteiger partial charge is 0.331 e. The number of nitrogens with two attached hydrogens (primary N) is 1. The zero-order chi connectivity index (χ0) is 14.0. The number of alkyl halides is 1. The van der Waals surface area contributed by atoms with Crippen LogP contribution in [0.15, 0.2) is 10.6 Å². The highest BCUT2D eigenvalue weighted by molar-refractivity contribution is 8.01. The van der Waals surface area contributed by atoms with Gasteiger partial charge in [-0.05, 0) is 24.8 Å². The monoisotopic (exact) mass is 300 g/mol. The molecule has 2 aliphatic rings. The number of nitrogens with zero attached hydrogens (tertiary/aromatic N) is 2. The van der Waals surface area contributed by atoms with E-state index in [0.717, 1.165) is 4.91 Å². The fourth-order valence-electron chi connectivity index (χ4n) is 2.19. The van der Waals surface area contributed by atoms with Crippen LogP contribution in [0.4, 0.5) is 4.79 Å². The Balaban J connectivity index is 2.29. The van der Waals surface area contributed by atoms with Crippen molar-refractivity contribution in [3.63, 3.8) is 0 Å². The Kier molecular flexibility index (Phi) is 4.22. The van der Waals surface area contributed by atoms with Crippen molar-refractivity contribution in [1.82, 2.24) is 9.62 Å². The normalized spacial score (nSPS) is 26.5. The Labute approximate surface area is 120 Å². The maximum absolute atomic E-state index is 11.8. The molecule has 0 saturated heterocycles. The number of nitriles is 1. The number of nitrogens with one attached hydrogen (secondary N) is 1. The van der Waals surface area contributed by atoms with Gasteiger partial charge in [0.05, 0.1) is 17.9 Å². The zero-order valence-electron chi connectivity index (χ0n) is 10.1. The van der Waals surface area contributed by atoms with E-state index in [2.05, 4.69) is 11.4 Å². The molecule has 1 aliphatic heterocycles. The summed E-state index contributed by atoms with van der Waals surface area (Å²) in [6, 6.07) is 1.87. The first-order valence-corrected chi connectivity index (χ1v) is 7.12. The van der Waals surface area contributed by atoms with Crippen molar-refractivity contribution >= 4 is 35.5 Å². The summed E-state index contributed by atoms with van der Waals surface area (Å²) in [4.78, 5) is 24.1. The third-order valence-corrected chi connectivity index (χ3v) is 4.45. The summed E-state index contributed by atoms with van der Waals surface area (Å²) in [5.74, 6) is -1.04. The lowest BCUT2D eigenvalue weighted by Gasteiger charge is -2.36. The summed E-state index contributed by atoms with van der Waals surface area (Å²) < 4.78 is 1.49. The summed E-state index contributed by atoms with van der Waals surface area (Å²) in [5.41, 5.74) is 5.91. The Morgan fingerprint density at radius 1 is 1.68 bits per heavy atom. The van der Waals surface area contributed by atoms with Crippen LogP contribution in [0.1, 0.15) is 12.8 Å². The predicted molar refractivity (Wildman–Crippen MR) is 71.6 cm³/mol. The molecule has 102 valence electrons. The molecule has 0 radical (unpaired) electrons. The highest BCUT2D eigenvalue weighted by Gasteiger charge is 2.38. The number of hydrogen-bond donors (Lipinski definition) is 2. The molecule has 0 aromatic rings. The van der Waals surface area contributed by atoms with Crippen molar-refractivity contribution in [1.29, 1.82) is 5.26 Å². The first-order chi connectivity index (χ1) is 9.06. The van der Waals surface area contributed by atoms with Gasteiger partial charge < -0.3 is 11.1 Å². The number of halogens is 1. The third-order valence-electron chi connectivity index (χ3n) is 3.10. The van der Waals surface area contributed by atoms with Gasteiger partial charge in [-0.2, -0.15) is 5.26 Å². The Hall–Kier alpha value is -1.39. The number of hydrogen-bond acceptors (Lipinski definition) is 4. The molecule has 0 aromatic carbocycles. The van der Waals surface area contributed by atoms with Gasteiger partial charge in [-0.1, -0.05) is 0 Å². The quantitative estimate of drug-likeness (QED) is 0.603. The number of amides is 3. The van der Waals surface area contributed by atoms with Crippen molar-refractivity contribution in [3.05, 3.63) is 10.6 Å². The lowest BCUT2D eigenvalue weighted by atomic mass is 9.84. The van der Waals surface area contributed by atoms with E-state index in [9.17, 15) is 9.59 Å². The maximum Gasteiger partial charge on any atom is 0.331 e. The Morgan fingerprint density at radius 2 is 2.42 bits per heavy atom. The van der Waals surface area contributed by atoms with E-state index < -0.39 is 11.8 Å². The number of carbonyl (C=O) groups is 2. The lowest BCUT2D eigenvalue weighted by molar-refractivity contribution is -0.121. The number of rotatable bonds is 3. The van der Waals surface area contributed by atoms with E-state index in [1.54, 1.807) is 0 Å². The summed E-state index contributed by atoms with van der Waals surface area (Å²) in [6.45, 7) is 0.396. The first kappa shape index (κ1) is 14.0. The number of carbonyl (C=O) groups excluding carboxylic acids is 2. The first-order valence-electron chi connectivity index (χ1n) is 5.81. The Morgan fingerprint density at radius 3 is 3.00 bits per heavy atom. The van der Waals surface area contributed by atoms with Crippen LogP contribution < -0.4 is 11.1 Å². The third kappa shape index (κ3) is 2.80. The maximum atomic E-state index is 11.8. The molecule has 1 heterocycles. The molecule has 0 fully saturated rings. The molecular formula is C11H13ClN4O2S. The molecule has 0 spiro atoms. The van der Waals surface area contributed by atoms with Crippen LogP contribution in [0.25, 0.3) is 0 Å². The highest BCUT2D eigenvalue weighted by atomic mass is 35.5. The predicted octanol–water partition coefficient (Wildman–Crippen LogP) is 1.15. The molecule has 3 N–H and O–H groups in total. The summed E-state index contributed by atoms with van der Waals surface area (Å²) >= 11 is 6.88. The number of primary amides is 1. The second-order valence-electron chi connectivity index (χ2n) is 4.37. The molecular weight excluding hydrogens is 288 g/mol. The van der Waals surface area contributed by atoms with Gasteiger partial charge in [0.15, 0.2) is 0 Å². The zero-order valence-corrected chi connectivity index (χ0v) is 11.6. The summed E-state index contributed by atoms with van der Waals surface area (Å²) in [7, 11) is 0. The molecule has 2 atom stereocenters. The van der Waals surface area contributed by atoms with E-state index in [-0.39, 0.29) is 11.9 Å². The fraction of sp³-hybridized carbons (Fsp3) is 0.545. The van der Waals surface area contributed by atoms with Gasteiger partial charge in [-0.15, -0.1) is 11.6 Å². The van der Waals surface area contributed by atoms with Crippen LogP contribution in [0.5, 0.6) is 0 Å². The minimum Gasteiger partial charge on any atom is -0.369 e. The summed E-state index contributed by atoms with van der Waals surface area (Å²) in [5, 5.41) is 11.8. The second kappa shape index (κ2) is 5.72. The lowest BCUT2D eigenvalue weighted by Crippen LogP contribution is -2.46. The largest absolute Gasteiger partial charge is 0.369 e. The molecule has 0 saturated carbocycles. The van der Waals surface area contributed by atoms with Gasteiger partial charge in [-0.3, -0.25) is 9.10 Å². The van der Waals surface area contributed by atoms with Crippen LogP contribution in [0.2, 0.25) is 0 Å². The highest BCUT2D eigenvalue weighted by Crippen LogP contribution is 2.41. The van der Waals surface area contributed by atoms with E-state index in [1.165, 1.54) is 16.3 Å². The minimum atomic E-state index is -0.594. The van der Waals surface area contributed by atoms with Gasteiger partial charge in [-0.25, -0.2) is 4.79 Å². The van der Waals surface area contributed by atoms with Crippen molar-refractivity contribution in [2.75, 3.05) is 12.4 Å². The topological polar surface area (TPSA) is 99.2 Å². The standard InChI is InChI=1S/C11H13ClN4O2S/c12-1-2-16-11(18)15-9-7(10(14)17)3-6(5-13)4-8(9)19-16/h6-7H,1-4H2,(H2,14,17)(H,15,18). The number of urea groups is 1. The molecule has 0 bridgehead atoms. The minimum absolute atomic E-state index is 0.253. The Bertz CT molecular complexity index is 488. The molecule has 6 nitrogen and oxygen atoms in total. The van der Waals surface area contributed by atoms with E-state index in [4.69, 9.17) is 22.6 Å². The average molecular weight is 301 g/mol. The van der Waals surface area contributed by atoms with Crippen molar-refractivity contribution in [2.45, 2.75) is 12.8 Å². The van der Waals surface area contributed by atoms with Crippen molar-refractivity contribution < 1.29 is 9.59 Å². The van der Waals surface area contributed by atoms with Crippen LogP contribution >= 0.6 is 23.5 Å². The molecule has 2 rings (SSSR count). The average Bonchev–Trinajstić information content (AvgIpc) is 2.38. The van der Waals surface area contributed by atoms with Crippen molar-refractivity contribution in [3.8, 4) is 6.07 Å². The van der Waals surface area contributed by atoms with Crippen LogP contribution in [0, 0.1) is 23.2 Å². The van der Waals surface area contributed by atoms with Crippen LogP contribution in [-0.2, 0) is 4.79 Å². The van der Waals surface area contributed by atoms with Crippen LogP contribution in [0.3, 0.4) is 0 Å². The van der Waals surface area contributed by atoms with Gasteiger partial charge in [0.25, 0.3) is 0 Å². The van der Waals surface area contributed by atoms with Gasteiger partial charge in [0.2, 0.25) is 5.91 Å². The molecule has 19 heavy (non-hydrogen) atoms. The molecule has 0 aromatic heterocycles. The van der Waals surface area contributed by atoms with Crippen LogP contribution in [-0.4, -0.2) is 28.7 Å². The molecule has 2 unspecified atom stereocenters. The van der Waals surface area contributed by atoms with Gasteiger partial charge in [0, 0.05) is 23.0 Å². The fourth-order valence-corrected chi connectivity index (χ4v) is 3.60. The van der Waals surface area contributed by atoms with E-state index in [1.807, 2.05) is 0 Å². The summed E-state index contributed by atoms with van der Waals surface area (Å²) in [6.07, 6.45) is 0.889. The molecule has 8 heteroatoms. The molecule has 3 amide bonds. The second-order valence-corrected chi connectivity index (χ2v) is 5.86. The molecule has 1 aliphatic carbocycles. The van der Waals surface area contributed by atoms with Crippen molar-refractivity contribution in [2.24, 2.45) is 17.6 Å². The SMILES string of the molecule is N#CC1CC2=C(NC(=O)N(CCCl)S2)C(C(N)=O)C1. The number of allylic oxidation sites excluding steroid dienone is 1. The van der Waals surface area contributed by atoms with Gasteiger partial charge >= 0.3 is 6.03 Å².